The number of hydrogen-bond acceptors (Lipinski definition) is 3. The molecule has 0 aromatic heterocycles. The lowest BCUT2D eigenvalue weighted by atomic mass is 10.3. The van der Waals surface area contributed by atoms with Gasteiger partial charge in [-0.3, -0.25) is 9.52 Å². The highest BCUT2D eigenvalue weighted by molar-refractivity contribution is 7.92. The zero-order valence-electron chi connectivity index (χ0n) is 6.28. The van der Waals surface area contributed by atoms with Gasteiger partial charge in [0.2, 0.25) is 6.41 Å². The van der Waals surface area contributed by atoms with Gasteiger partial charge in [-0.15, -0.1) is 0 Å². The van der Waals surface area contributed by atoms with Crippen LogP contribution in [0.25, 0.3) is 0 Å². The van der Waals surface area contributed by atoms with E-state index in [-0.39, 0.29) is 6.41 Å². The number of hydrogen-bond donors (Lipinski definition) is 1. The Kier molecular flexibility index (Phi) is 4.52. The Bertz CT molecular complexity index is 230. The summed E-state index contributed by atoms with van der Waals surface area (Å²) < 4.78 is 23.0. The van der Waals surface area contributed by atoms with E-state index in [1.54, 1.807) is 4.72 Å². The Morgan fingerprint density at radius 2 is 2.09 bits per heavy atom. The average molecular weight is 177 g/mol. The summed E-state index contributed by atoms with van der Waals surface area (Å²) in [6.45, 7) is 1.93. The number of nitrogens with one attached hydrogen (secondary N) is 1. The first-order valence-corrected chi connectivity index (χ1v) is 4.79. The number of allylic oxidation sites excluding steroid dienone is 1. The molecule has 0 rings (SSSR count). The first-order chi connectivity index (χ1) is 5.12. The molecule has 64 valence electrons. The number of carbonyl (C=O) groups excluding carboxylic acids is 1. The van der Waals surface area contributed by atoms with E-state index >= 15 is 0 Å². The third kappa shape index (κ3) is 5.60. The summed E-state index contributed by atoms with van der Waals surface area (Å²) in [4.78, 5) is 9.73. The fraction of sp³-hybridized carbons (Fsp3) is 0.500. The van der Waals surface area contributed by atoms with Crippen molar-refractivity contribution < 1.29 is 13.2 Å². The summed E-state index contributed by atoms with van der Waals surface area (Å²) in [5.41, 5.74) is 0. The fourth-order valence-electron chi connectivity index (χ4n) is 0.468. The van der Waals surface area contributed by atoms with Crippen LogP contribution in [0.3, 0.4) is 0 Å². The Morgan fingerprint density at radius 1 is 1.45 bits per heavy atom. The molecule has 0 unspecified atom stereocenters. The van der Waals surface area contributed by atoms with Crippen molar-refractivity contribution in [3.05, 3.63) is 11.5 Å². The average Bonchev–Trinajstić information content (AvgIpc) is 1.87. The van der Waals surface area contributed by atoms with Crippen LogP contribution < -0.4 is 4.72 Å². The maximum absolute atomic E-state index is 10.7. The highest BCUT2D eigenvalue weighted by Crippen LogP contribution is 1.91. The van der Waals surface area contributed by atoms with Crippen molar-refractivity contribution in [1.29, 1.82) is 0 Å². The predicted octanol–water partition coefficient (Wildman–Crippen LogP) is 0.376. The van der Waals surface area contributed by atoms with Gasteiger partial charge in [-0.1, -0.05) is 19.4 Å². The van der Waals surface area contributed by atoms with Crippen molar-refractivity contribution in [3.63, 3.8) is 0 Å². The van der Waals surface area contributed by atoms with Gasteiger partial charge in [0, 0.05) is 5.41 Å². The lowest BCUT2D eigenvalue weighted by Gasteiger charge is -1.91. The number of rotatable bonds is 5. The van der Waals surface area contributed by atoms with Crippen LogP contribution in [-0.4, -0.2) is 14.8 Å². The quantitative estimate of drug-likeness (QED) is 0.617. The molecule has 0 aromatic carbocycles. The monoisotopic (exact) mass is 177 g/mol. The zero-order chi connectivity index (χ0) is 8.74. The van der Waals surface area contributed by atoms with Gasteiger partial charge in [0.25, 0.3) is 10.0 Å². The molecule has 1 N–H and O–H groups in total. The van der Waals surface area contributed by atoms with Crippen molar-refractivity contribution >= 4 is 16.4 Å². The normalized spacial score (nSPS) is 11.7. The van der Waals surface area contributed by atoms with Crippen molar-refractivity contribution in [2.75, 3.05) is 0 Å². The van der Waals surface area contributed by atoms with Gasteiger partial charge >= 0.3 is 0 Å². The minimum absolute atomic E-state index is 0.144. The van der Waals surface area contributed by atoms with Crippen LogP contribution in [0.4, 0.5) is 0 Å². The summed E-state index contributed by atoms with van der Waals surface area (Å²) in [5.74, 6) is 0. The Morgan fingerprint density at radius 3 is 2.55 bits per heavy atom. The Hall–Kier alpha value is -0.840. The molecule has 0 saturated carbocycles. The summed E-state index contributed by atoms with van der Waals surface area (Å²) in [5, 5.41) is 0.991. The van der Waals surface area contributed by atoms with Gasteiger partial charge in [-0.25, -0.2) is 8.42 Å². The molecule has 0 heterocycles. The lowest BCUT2D eigenvalue weighted by Crippen LogP contribution is -2.18. The first kappa shape index (κ1) is 10.2. The highest BCUT2D eigenvalue weighted by atomic mass is 32.2. The second-order valence-corrected chi connectivity index (χ2v) is 3.54. The van der Waals surface area contributed by atoms with Crippen molar-refractivity contribution in [1.82, 2.24) is 4.72 Å². The molecular weight excluding hydrogens is 166 g/mol. The van der Waals surface area contributed by atoms with Gasteiger partial charge in [0.05, 0.1) is 0 Å². The first-order valence-electron chi connectivity index (χ1n) is 3.25. The molecule has 0 fully saturated rings. The van der Waals surface area contributed by atoms with E-state index in [4.69, 9.17) is 0 Å². The largest absolute Gasteiger partial charge is 0.278 e. The topological polar surface area (TPSA) is 63.2 Å². The molecule has 0 saturated heterocycles. The SMILES string of the molecule is CCCC=CS(=O)(=O)NC=O. The van der Waals surface area contributed by atoms with Crippen LogP contribution >= 0.6 is 0 Å². The van der Waals surface area contributed by atoms with Crippen LogP contribution in [-0.2, 0) is 14.8 Å². The van der Waals surface area contributed by atoms with Gasteiger partial charge in [-0.2, -0.15) is 0 Å². The molecule has 1 amide bonds. The Balaban J connectivity index is 4.01. The summed E-state index contributed by atoms with van der Waals surface area (Å²) in [7, 11) is -3.50. The third-order valence-corrected chi connectivity index (χ3v) is 1.92. The fourth-order valence-corrected chi connectivity index (χ4v) is 1.07. The lowest BCUT2D eigenvalue weighted by molar-refractivity contribution is -0.108. The molecule has 0 atom stereocenters. The summed E-state index contributed by atoms with van der Waals surface area (Å²) in [6.07, 6.45) is 3.23. The molecule has 0 aromatic rings. The van der Waals surface area contributed by atoms with Gasteiger partial charge in [0.15, 0.2) is 0 Å². The molecule has 0 spiro atoms. The molecule has 0 aliphatic rings. The predicted molar refractivity (Wildman–Crippen MR) is 42.2 cm³/mol. The number of amides is 1. The molecule has 0 radical (unpaired) electrons. The second-order valence-electron chi connectivity index (χ2n) is 1.94. The van der Waals surface area contributed by atoms with E-state index in [9.17, 15) is 13.2 Å². The van der Waals surface area contributed by atoms with Gasteiger partial charge in [-0.05, 0) is 6.42 Å². The third-order valence-electron chi connectivity index (χ3n) is 0.943. The number of unbranched alkanes of at least 4 members (excludes halogenated alkanes) is 1. The van der Waals surface area contributed by atoms with E-state index < -0.39 is 10.0 Å². The second kappa shape index (κ2) is 4.90. The van der Waals surface area contributed by atoms with Crippen LogP contribution in [0.15, 0.2) is 11.5 Å². The van der Waals surface area contributed by atoms with E-state index in [2.05, 4.69) is 0 Å². The van der Waals surface area contributed by atoms with Crippen LogP contribution in [0.5, 0.6) is 0 Å². The molecule has 5 heteroatoms. The van der Waals surface area contributed by atoms with E-state index in [0.29, 0.717) is 6.42 Å². The van der Waals surface area contributed by atoms with E-state index in [1.807, 2.05) is 6.92 Å². The van der Waals surface area contributed by atoms with E-state index in [1.165, 1.54) is 6.08 Å². The highest BCUT2D eigenvalue weighted by Gasteiger charge is 1.99. The van der Waals surface area contributed by atoms with Crippen LogP contribution in [0, 0.1) is 0 Å². The van der Waals surface area contributed by atoms with Gasteiger partial charge in [0.1, 0.15) is 0 Å². The smallest absolute Gasteiger partial charge is 0.256 e. The molecule has 0 aliphatic carbocycles. The number of sulfonamides is 1. The zero-order valence-corrected chi connectivity index (χ0v) is 7.10. The number of carbonyl (C=O) groups is 1. The Labute approximate surface area is 66.3 Å². The molecular formula is C6H11NO3S. The maximum Gasteiger partial charge on any atom is 0.256 e. The molecule has 0 aliphatic heterocycles. The maximum atomic E-state index is 10.7. The summed E-state index contributed by atoms with van der Waals surface area (Å²) >= 11 is 0. The molecule has 0 bridgehead atoms. The molecule has 11 heavy (non-hydrogen) atoms. The van der Waals surface area contributed by atoms with Crippen LogP contribution in [0.1, 0.15) is 19.8 Å². The van der Waals surface area contributed by atoms with E-state index in [0.717, 1.165) is 11.8 Å². The standard InChI is InChI=1S/C6H11NO3S/c1-2-3-4-5-11(9,10)7-6-8/h4-6H,2-3H2,1H3,(H,7,8). The summed E-state index contributed by atoms with van der Waals surface area (Å²) in [6, 6.07) is 0. The van der Waals surface area contributed by atoms with Crippen molar-refractivity contribution in [2.45, 2.75) is 19.8 Å². The van der Waals surface area contributed by atoms with Crippen molar-refractivity contribution in [3.8, 4) is 0 Å². The minimum Gasteiger partial charge on any atom is -0.278 e. The van der Waals surface area contributed by atoms with Crippen LogP contribution in [0.2, 0.25) is 0 Å². The van der Waals surface area contributed by atoms with Crippen molar-refractivity contribution in [2.24, 2.45) is 0 Å². The van der Waals surface area contributed by atoms with Gasteiger partial charge < -0.3 is 0 Å². The minimum atomic E-state index is -3.50. The molecule has 4 nitrogen and oxygen atoms in total.